The summed E-state index contributed by atoms with van der Waals surface area (Å²) < 4.78 is 2.36. The van der Waals surface area contributed by atoms with Crippen molar-refractivity contribution in [2.24, 2.45) is 16.7 Å². The molecule has 0 aromatic carbocycles. The number of rotatable bonds is 2. The van der Waals surface area contributed by atoms with Gasteiger partial charge in [0.05, 0.1) is 0 Å². The van der Waals surface area contributed by atoms with Crippen LogP contribution in [0.5, 0.6) is 0 Å². The lowest BCUT2D eigenvalue weighted by Crippen LogP contribution is -2.41. The maximum atomic E-state index is 13.1. The highest BCUT2D eigenvalue weighted by Gasteiger charge is 2.68. The molecule has 1 atom stereocenters. The number of amides is 1. The van der Waals surface area contributed by atoms with Crippen LogP contribution in [-0.4, -0.2) is 38.7 Å². The van der Waals surface area contributed by atoms with Crippen LogP contribution in [0.15, 0.2) is 0 Å². The summed E-state index contributed by atoms with van der Waals surface area (Å²) in [6.45, 7) is 11.7. The minimum Gasteiger partial charge on any atom is -0.342 e. The van der Waals surface area contributed by atoms with Gasteiger partial charge < -0.3 is 9.47 Å². The van der Waals surface area contributed by atoms with Gasteiger partial charge in [0.25, 0.3) is 0 Å². The molecule has 2 fully saturated rings. The lowest BCUT2D eigenvalue weighted by Gasteiger charge is -2.33. The average molecular weight is 345 g/mol. The summed E-state index contributed by atoms with van der Waals surface area (Å²) in [6.07, 6.45) is 6.97. The number of hydrogen-bond donors (Lipinski definition) is 0. The molecule has 1 saturated heterocycles. The summed E-state index contributed by atoms with van der Waals surface area (Å²) >= 11 is 0. The predicted molar refractivity (Wildman–Crippen MR) is 97.2 cm³/mol. The summed E-state index contributed by atoms with van der Waals surface area (Å²) in [4.78, 5) is 15.3. The lowest BCUT2D eigenvalue weighted by molar-refractivity contribution is -0.135. The van der Waals surface area contributed by atoms with Crippen LogP contribution in [0.2, 0.25) is 0 Å². The second kappa shape index (κ2) is 5.82. The summed E-state index contributed by atoms with van der Waals surface area (Å²) in [5.41, 5.74) is 0.228. The SMILES string of the molecule is CC1(C)C(C(=O)N2CCCC(c3nnc4n3CCCCC4)C2)C1(C)C. The highest BCUT2D eigenvalue weighted by molar-refractivity contribution is 5.84. The monoisotopic (exact) mass is 344 g/mol. The van der Waals surface area contributed by atoms with Gasteiger partial charge >= 0.3 is 0 Å². The zero-order valence-corrected chi connectivity index (χ0v) is 16.2. The Labute approximate surface area is 151 Å². The van der Waals surface area contributed by atoms with Gasteiger partial charge in [-0.15, -0.1) is 10.2 Å². The van der Waals surface area contributed by atoms with Crippen LogP contribution >= 0.6 is 0 Å². The van der Waals surface area contributed by atoms with Crippen molar-refractivity contribution in [3.63, 3.8) is 0 Å². The Morgan fingerprint density at radius 2 is 1.76 bits per heavy atom. The molecule has 1 saturated carbocycles. The molecular formula is C20H32N4O. The number of hydrogen-bond acceptors (Lipinski definition) is 3. The van der Waals surface area contributed by atoms with Crippen molar-refractivity contribution in [3.8, 4) is 0 Å². The molecule has 5 heteroatoms. The Morgan fingerprint density at radius 3 is 2.48 bits per heavy atom. The molecule has 1 unspecified atom stereocenters. The second-order valence-electron chi connectivity index (χ2n) is 9.44. The minimum absolute atomic E-state index is 0.114. The molecule has 5 nitrogen and oxygen atoms in total. The van der Waals surface area contributed by atoms with E-state index in [1.54, 1.807) is 0 Å². The van der Waals surface area contributed by atoms with E-state index in [1.165, 1.54) is 19.3 Å². The maximum absolute atomic E-state index is 13.1. The topological polar surface area (TPSA) is 51.0 Å². The predicted octanol–water partition coefficient (Wildman–Crippen LogP) is 3.39. The Kier molecular flexibility index (Phi) is 3.97. The first-order valence-electron chi connectivity index (χ1n) is 10.0. The van der Waals surface area contributed by atoms with E-state index < -0.39 is 0 Å². The van der Waals surface area contributed by atoms with E-state index in [9.17, 15) is 4.79 Å². The normalized spacial score (nSPS) is 28.3. The van der Waals surface area contributed by atoms with Gasteiger partial charge in [0.1, 0.15) is 11.6 Å². The van der Waals surface area contributed by atoms with Crippen molar-refractivity contribution in [1.29, 1.82) is 0 Å². The second-order valence-corrected chi connectivity index (χ2v) is 9.44. The molecule has 138 valence electrons. The smallest absolute Gasteiger partial charge is 0.226 e. The van der Waals surface area contributed by atoms with E-state index in [1.807, 2.05) is 0 Å². The van der Waals surface area contributed by atoms with Crippen molar-refractivity contribution in [2.45, 2.75) is 78.7 Å². The first kappa shape index (κ1) is 17.0. The zero-order valence-electron chi connectivity index (χ0n) is 16.2. The minimum atomic E-state index is 0.114. The summed E-state index contributed by atoms with van der Waals surface area (Å²) in [5, 5.41) is 9.01. The molecule has 3 heterocycles. The van der Waals surface area contributed by atoms with Gasteiger partial charge in [0.15, 0.2) is 0 Å². The van der Waals surface area contributed by atoms with Crippen molar-refractivity contribution in [2.75, 3.05) is 13.1 Å². The summed E-state index contributed by atoms with van der Waals surface area (Å²) in [7, 11) is 0. The number of piperidine rings is 1. The number of fused-ring (bicyclic) bond motifs is 1. The quantitative estimate of drug-likeness (QED) is 0.826. The van der Waals surface area contributed by atoms with Crippen molar-refractivity contribution < 1.29 is 4.79 Å². The van der Waals surface area contributed by atoms with Crippen LogP contribution in [0.4, 0.5) is 0 Å². The third-order valence-electron chi connectivity index (χ3n) is 7.50. The molecule has 0 N–H and O–H groups in total. The maximum Gasteiger partial charge on any atom is 0.226 e. The van der Waals surface area contributed by atoms with Gasteiger partial charge in [-0.3, -0.25) is 4.79 Å². The Balaban J connectivity index is 1.51. The molecule has 2 aliphatic heterocycles. The van der Waals surface area contributed by atoms with Crippen molar-refractivity contribution in [1.82, 2.24) is 19.7 Å². The third-order valence-corrected chi connectivity index (χ3v) is 7.50. The lowest BCUT2D eigenvalue weighted by atomic mass is 9.96. The third kappa shape index (κ3) is 2.61. The van der Waals surface area contributed by atoms with E-state index in [0.29, 0.717) is 11.8 Å². The molecule has 1 aromatic rings. The molecule has 3 aliphatic rings. The van der Waals surface area contributed by atoms with Gasteiger partial charge in [-0.05, 0) is 36.5 Å². The van der Waals surface area contributed by atoms with E-state index in [4.69, 9.17) is 0 Å². The zero-order chi connectivity index (χ0) is 17.8. The Hall–Kier alpha value is -1.39. The van der Waals surface area contributed by atoms with Crippen LogP contribution in [-0.2, 0) is 17.8 Å². The van der Waals surface area contributed by atoms with Gasteiger partial charge in [0, 0.05) is 37.9 Å². The molecule has 1 amide bonds. The Morgan fingerprint density at radius 1 is 1.00 bits per heavy atom. The highest BCUT2D eigenvalue weighted by Crippen LogP contribution is 2.68. The molecule has 0 radical (unpaired) electrons. The number of likely N-dealkylation sites (tertiary alicyclic amines) is 1. The first-order chi connectivity index (χ1) is 11.8. The molecular weight excluding hydrogens is 312 g/mol. The van der Waals surface area contributed by atoms with Gasteiger partial charge in [-0.25, -0.2) is 0 Å². The van der Waals surface area contributed by atoms with Gasteiger partial charge in [-0.1, -0.05) is 34.1 Å². The van der Waals surface area contributed by atoms with Crippen LogP contribution in [0.25, 0.3) is 0 Å². The highest BCUT2D eigenvalue weighted by atomic mass is 16.2. The first-order valence-corrected chi connectivity index (χ1v) is 10.0. The molecule has 4 rings (SSSR count). The largest absolute Gasteiger partial charge is 0.342 e. The fraction of sp³-hybridized carbons (Fsp3) is 0.850. The fourth-order valence-corrected chi connectivity index (χ4v) is 5.19. The van der Waals surface area contributed by atoms with E-state index >= 15 is 0 Å². The summed E-state index contributed by atoms with van der Waals surface area (Å²) in [5.74, 6) is 3.15. The molecule has 0 spiro atoms. The van der Waals surface area contributed by atoms with Crippen molar-refractivity contribution in [3.05, 3.63) is 11.6 Å². The van der Waals surface area contributed by atoms with Crippen LogP contribution in [0.3, 0.4) is 0 Å². The number of aryl methyl sites for hydroxylation is 1. The van der Waals surface area contributed by atoms with Crippen molar-refractivity contribution >= 4 is 5.91 Å². The molecule has 25 heavy (non-hydrogen) atoms. The van der Waals surface area contributed by atoms with Gasteiger partial charge in [-0.2, -0.15) is 0 Å². The summed E-state index contributed by atoms with van der Waals surface area (Å²) in [6, 6.07) is 0. The van der Waals surface area contributed by atoms with Crippen LogP contribution < -0.4 is 0 Å². The van der Waals surface area contributed by atoms with E-state index in [2.05, 4.69) is 47.4 Å². The fourth-order valence-electron chi connectivity index (χ4n) is 5.19. The van der Waals surface area contributed by atoms with Gasteiger partial charge in [0.2, 0.25) is 5.91 Å². The number of carbonyl (C=O) groups is 1. The standard InChI is InChI=1S/C20H32N4O/c1-19(2)16(20(19,3)4)18(25)23-11-8-9-14(13-23)17-22-21-15-10-6-5-7-12-24(15)17/h14,16H,5-13H2,1-4H3. The molecule has 1 aliphatic carbocycles. The van der Waals surface area contributed by atoms with Crippen LogP contribution in [0, 0.1) is 16.7 Å². The molecule has 0 bridgehead atoms. The van der Waals surface area contributed by atoms with E-state index in [-0.39, 0.29) is 16.7 Å². The number of nitrogens with zero attached hydrogens (tertiary/aromatic N) is 4. The molecule has 1 aromatic heterocycles. The number of carbonyl (C=O) groups excluding carboxylic acids is 1. The van der Waals surface area contributed by atoms with E-state index in [0.717, 1.165) is 50.5 Å². The number of aromatic nitrogens is 3. The Bertz CT molecular complexity index is 661. The average Bonchev–Trinajstić information content (AvgIpc) is 2.83. The van der Waals surface area contributed by atoms with Crippen LogP contribution in [0.1, 0.15) is 77.4 Å².